The lowest BCUT2D eigenvalue weighted by Crippen LogP contribution is -2.49. The van der Waals surface area contributed by atoms with Gasteiger partial charge in [0.2, 0.25) is 0 Å². The van der Waals surface area contributed by atoms with Crippen LogP contribution in [0.3, 0.4) is 0 Å². The van der Waals surface area contributed by atoms with Crippen molar-refractivity contribution in [1.82, 2.24) is 9.80 Å². The van der Waals surface area contributed by atoms with E-state index in [4.69, 9.17) is 5.73 Å². The van der Waals surface area contributed by atoms with Gasteiger partial charge < -0.3 is 15.5 Å². The fourth-order valence-corrected chi connectivity index (χ4v) is 4.78. The van der Waals surface area contributed by atoms with Gasteiger partial charge in [-0.05, 0) is 37.3 Å². The fourth-order valence-electron chi connectivity index (χ4n) is 4.78. The van der Waals surface area contributed by atoms with Crippen LogP contribution in [-0.2, 0) is 11.3 Å². The summed E-state index contributed by atoms with van der Waals surface area (Å²) in [5.74, 6) is -1.57. The van der Waals surface area contributed by atoms with E-state index in [-0.39, 0.29) is 23.1 Å². The van der Waals surface area contributed by atoms with Gasteiger partial charge in [-0.3, -0.25) is 14.4 Å². The number of hydrogen-bond acceptors (Lipinski definition) is 4. The number of rotatable bonds is 3. The summed E-state index contributed by atoms with van der Waals surface area (Å²) < 4.78 is 14.0. The highest BCUT2D eigenvalue weighted by molar-refractivity contribution is 6.09. The minimum atomic E-state index is -0.902. The molecular formula is C20H24FN3O3. The summed E-state index contributed by atoms with van der Waals surface area (Å²) in [6.07, 6.45) is 4.90. The molecule has 0 spiro atoms. The van der Waals surface area contributed by atoms with Crippen LogP contribution in [0.4, 0.5) is 4.39 Å². The molecular weight excluding hydrogens is 349 g/mol. The van der Waals surface area contributed by atoms with Gasteiger partial charge in [-0.25, -0.2) is 4.39 Å². The van der Waals surface area contributed by atoms with Gasteiger partial charge in [0.1, 0.15) is 11.6 Å². The molecule has 2 aliphatic heterocycles. The van der Waals surface area contributed by atoms with Crippen molar-refractivity contribution in [2.45, 2.75) is 57.2 Å². The second-order valence-electron chi connectivity index (χ2n) is 7.79. The Kier molecular flexibility index (Phi) is 4.72. The highest BCUT2D eigenvalue weighted by Gasteiger charge is 2.38. The zero-order valence-corrected chi connectivity index (χ0v) is 15.2. The molecule has 7 heteroatoms. The topological polar surface area (TPSA) is 83.7 Å². The molecule has 144 valence electrons. The summed E-state index contributed by atoms with van der Waals surface area (Å²) >= 11 is 0. The lowest BCUT2D eigenvalue weighted by Gasteiger charge is -2.41. The average Bonchev–Trinajstić information content (AvgIpc) is 2.99. The maximum atomic E-state index is 14.0. The average molecular weight is 373 g/mol. The lowest BCUT2D eigenvalue weighted by molar-refractivity contribution is -0.121. The molecule has 1 aromatic rings. The van der Waals surface area contributed by atoms with Crippen LogP contribution in [0.1, 0.15) is 64.8 Å². The Labute approximate surface area is 157 Å². The van der Waals surface area contributed by atoms with E-state index in [1.165, 1.54) is 6.07 Å². The van der Waals surface area contributed by atoms with E-state index < -0.39 is 11.7 Å². The molecule has 0 atom stereocenters. The Hall–Kier alpha value is -2.28. The molecule has 1 saturated heterocycles. The first-order chi connectivity index (χ1) is 13.0. The number of carbonyl (C=O) groups excluding carboxylic acids is 3. The first-order valence-corrected chi connectivity index (χ1v) is 9.63. The minimum absolute atomic E-state index is 0.0789. The van der Waals surface area contributed by atoms with Gasteiger partial charge in [-0.2, -0.15) is 0 Å². The second-order valence-corrected chi connectivity index (χ2v) is 7.79. The number of fused-ring (bicyclic) bond motifs is 1. The maximum absolute atomic E-state index is 14.0. The Morgan fingerprint density at radius 3 is 2.33 bits per heavy atom. The standard InChI is InChI=1S/C20H24FN3O3/c21-16-6-1-12-11-24(20(27)17(12)18(16)19(22)26)14-7-9-23(10-8-14)13-2-4-15(25)5-3-13/h1,6,13-14H,2-5,7-11H2,(H2,22,26). The summed E-state index contributed by atoms with van der Waals surface area (Å²) in [7, 11) is 0. The van der Waals surface area contributed by atoms with Gasteiger partial charge in [0.05, 0.1) is 11.1 Å². The molecule has 2 N–H and O–H groups in total. The van der Waals surface area contributed by atoms with Crippen molar-refractivity contribution < 1.29 is 18.8 Å². The molecule has 4 rings (SSSR count). The van der Waals surface area contributed by atoms with Crippen LogP contribution < -0.4 is 5.73 Å². The van der Waals surface area contributed by atoms with Crippen LogP contribution in [0.15, 0.2) is 12.1 Å². The molecule has 1 aliphatic carbocycles. The third-order valence-corrected chi connectivity index (χ3v) is 6.27. The third kappa shape index (κ3) is 3.25. The molecule has 0 aromatic heterocycles. The molecule has 1 aromatic carbocycles. The van der Waals surface area contributed by atoms with Crippen molar-refractivity contribution in [2.24, 2.45) is 5.73 Å². The number of ketones is 1. The van der Waals surface area contributed by atoms with Gasteiger partial charge in [0.25, 0.3) is 11.8 Å². The smallest absolute Gasteiger partial charge is 0.255 e. The number of nitrogens with zero attached hydrogens (tertiary/aromatic N) is 2. The quantitative estimate of drug-likeness (QED) is 0.877. The van der Waals surface area contributed by atoms with Gasteiger partial charge in [0, 0.05) is 44.6 Å². The maximum Gasteiger partial charge on any atom is 0.255 e. The van der Waals surface area contributed by atoms with Crippen molar-refractivity contribution in [1.29, 1.82) is 0 Å². The van der Waals surface area contributed by atoms with Crippen LogP contribution in [-0.4, -0.2) is 52.6 Å². The Morgan fingerprint density at radius 2 is 1.70 bits per heavy atom. The van der Waals surface area contributed by atoms with Crippen molar-refractivity contribution in [3.8, 4) is 0 Å². The molecule has 27 heavy (non-hydrogen) atoms. The van der Waals surface area contributed by atoms with Gasteiger partial charge in [-0.1, -0.05) is 6.07 Å². The van der Waals surface area contributed by atoms with Crippen LogP contribution in [0.25, 0.3) is 0 Å². The van der Waals surface area contributed by atoms with E-state index in [0.717, 1.165) is 38.8 Å². The first-order valence-electron chi connectivity index (χ1n) is 9.63. The first kappa shape index (κ1) is 18.1. The van der Waals surface area contributed by atoms with Crippen LogP contribution in [0, 0.1) is 5.82 Å². The molecule has 0 radical (unpaired) electrons. The normalized spacial score (nSPS) is 22.3. The van der Waals surface area contributed by atoms with Gasteiger partial charge in [0.15, 0.2) is 0 Å². The van der Waals surface area contributed by atoms with Crippen molar-refractivity contribution in [2.75, 3.05) is 13.1 Å². The zero-order valence-electron chi connectivity index (χ0n) is 15.2. The number of benzene rings is 1. The number of primary amides is 1. The summed E-state index contributed by atoms with van der Waals surface area (Å²) in [5.41, 5.74) is 5.82. The Balaban J connectivity index is 1.44. The van der Waals surface area contributed by atoms with Crippen LogP contribution in [0.5, 0.6) is 0 Å². The number of likely N-dealkylation sites (tertiary alicyclic amines) is 1. The lowest BCUT2D eigenvalue weighted by atomic mass is 9.91. The van der Waals surface area contributed by atoms with E-state index in [1.807, 2.05) is 0 Å². The summed E-state index contributed by atoms with van der Waals surface area (Å²) in [5, 5.41) is 0. The molecule has 0 unspecified atom stereocenters. The van der Waals surface area contributed by atoms with E-state index in [9.17, 15) is 18.8 Å². The summed E-state index contributed by atoms with van der Waals surface area (Å²) in [4.78, 5) is 40.2. The van der Waals surface area contributed by atoms with Gasteiger partial charge in [-0.15, -0.1) is 0 Å². The second kappa shape index (κ2) is 7.03. The highest BCUT2D eigenvalue weighted by atomic mass is 19.1. The molecule has 3 aliphatic rings. The number of amides is 2. The molecule has 2 amide bonds. The predicted octanol–water partition coefficient (Wildman–Crippen LogP) is 1.86. The number of hydrogen-bond donors (Lipinski definition) is 1. The zero-order chi connectivity index (χ0) is 19.1. The number of piperidine rings is 1. The van der Waals surface area contributed by atoms with Crippen molar-refractivity contribution >= 4 is 17.6 Å². The van der Waals surface area contributed by atoms with Crippen molar-refractivity contribution in [3.05, 3.63) is 34.6 Å². The largest absolute Gasteiger partial charge is 0.365 e. The van der Waals surface area contributed by atoms with E-state index >= 15 is 0 Å². The molecule has 1 saturated carbocycles. The predicted molar refractivity (Wildman–Crippen MR) is 96.6 cm³/mol. The minimum Gasteiger partial charge on any atom is -0.365 e. The van der Waals surface area contributed by atoms with Gasteiger partial charge >= 0.3 is 0 Å². The fraction of sp³-hybridized carbons (Fsp3) is 0.550. The number of carbonyl (C=O) groups is 3. The van der Waals surface area contributed by atoms with Crippen LogP contribution >= 0.6 is 0 Å². The molecule has 2 heterocycles. The van der Waals surface area contributed by atoms with Crippen molar-refractivity contribution in [3.63, 3.8) is 0 Å². The highest BCUT2D eigenvalue weighted by Crippen LogP contribution is 2.33. The Bertz CT molecular complexity index is 792. The molecule has 2 fully saturated rings. The van der Waals surface area contributed by atoms with Crippen LogP contribution in [0.2, 0.25) is 0 Å². The number of nitrogens with two attached hydrogens (primary N) is 1. The molecule has 0 bridgehead atoms. The molecule has 6 nitrogen and oxygen atoms in total. The third-order valence-electron chi connectivity index (χ3n) is 6.27. The Morgan fingerprint density at radius 1 is 1.04 bits per heavy atom. The van der Waals surface area contributed by atoms with E-state index in [1.54, 1.807) is 11.0 Å². The van der Waals surface area contributed by atoms with E-state index in [2.05, 4.69) is 4.90 Å². The summed E-state index contributed by atoms with van der Waals surface area (Å²) in [6, 6.07) is 3.33. The summed E-state index contributed by atoms with van der Waals surface area (Å²) in [6.45, 7) is 2.18. The number of Topliss-reactive ketones (excluding diaryl/α,β-unsaturated/α-hetero) is 1. The monoisotopic (exact) mass is 373 g/mol. The van der Waals surface area contributed by atoms with E-state index in [0.29, 0.717) is 36.8 Å². The number of halogens is 1. The SMILES string of the molecule is NC(=O)c1c(F)ccc2c1C(=O)N(C1CCN(C3CCC(=O)CC3)CC1)C2.